The van der Waals surface area contributed by atoms with E-state index in [-0.39, 0.29) is 0 Å². The van der Waals surface area contributed by atoms with Gasteiger partial charge in [0.2, 0.25) is 0 Å². The smallest absolute Gasteiger partial charge is 0.0446 e. The number of nitrogens with one attached hydrogen (secondary N) is 1. The molecule has 0 aromatic carbocycles. The van der Waals surface area contributed by atoms with Gasteiger partial charge in [-0.3, -0.25) is 0 Å². The minimum Gasteiger partial charge on any atom is -0.349 e. The molecule has 0 aliphatic heterocycles. The molecule has 0 spiro atoms. The van der Waals surface area contributed by atoms with Crippen molar-refractivity contribution in [2.24, 2.45) is 0 Å². The summed E-state index contributed by atoms with van der Waals surface area (Å²) in [5.41, 5.74) is 1.40. The molecule has 0 saturated carbocycles. The highest BCUT2D eigenvalue weighted by molar-refractivity contribution is 7.98. The van der Waals surface area contributed by atoms with Gasteiger partial charge in [0.1, 0.15) is 0 Å². The van der Waals surface area contributed by atoms with Crippen molar-refractivity contribution in [1.29, 1.82) is 0 Å². The summed E-state index contributed by atoms with van der Waals surface area (Å²) in [4.78, 5) is 0. The summed E-state index contributed by atoms with van der Waals surface area (Å²) < 4.78 is 2.35. The van der Waals surface area contributed by atoms with Crippen molar-refractivity contribution in [1.82, 2.24) is 9.88 Å². The molecule has 0 radical (unpaired) electrons. The highest BCUT2D eigenvalue weighted by atomic mass is 32.2. The van der Waals surface area contributed by atoms with Crippen molar-refractivity contribution in [3.05, 3.63) is 24.0 Å². The van der Waals surface area contributed by atoms with Gasteiger partial charge in [0, 0.05) is 30.2 Å². The lowest BCUT2D eigenvalue weighted by Gasteiger charge is -2.16. The standard InChI is InChI=1S/C12H22N2S/c1-4-7-13-11(2)12-6-5-8-14(12)9-10-15-3/h5-6,8,11,13H,4,7,9-10H2,1-3H3. The fourth-order valence-corrected chi connectivity index (χ4v) is 2.06. The molecule has 0 aliphatic rings. The third-order valence-corrected chi connectivity index (χ3v) is 3.14. The van der Waals surface area contributed by atoms with E-state index in [0.717, 1.165) is 13.1 Å². The van der Waals surface area contributed by atoms with Crippen LogP contribution in [-0.2, 0) is 6.54 Å². The Labute approximate surface area is 97.4 Å². The van der Waals surface area contributed by atoms with Gasteiger partial charge >= 0.3 is 0 Å². The van der Waals surface area contributed by atoms with E-state index in [1.165, 1.54) is 17.9 Å². The average Bonchev–Trinajstić information content (AvgIpc) is 2.71. The minimum absolute atomic E-state index is 0.460. The highest BCUT2D eigenvalue weighted by Crippen LogP contribution is 2.13. The Bertz CT molecular complexity index is 270. The zero-order valence-corrected chi connectivity index (χ0v) is 10.8. The lowest BCUT2D eigenvalue weighted by molar-refractivity contribution is 0.532. The number of hydrogen-bond donors (Lipinski definition) is 1. The fraction of sp³-hybridized carbons (Fsp3) is 0.667. The molecule has 3 heteroatoms. The van der Waals surface area contributed by atoms with Crippen molar-refractivity contribution in [2.75, 3.05) is 18.6 Å². The summed E-state index contributed by atoms with van der Waals surface area (Å²) in [6, 6.07) is 4.81. The van der Waals surface area contributed by atoms with Crippen LogP contribution >= 0.6 is 11.8 Å². The molecule has 1 heterocycles. The molecule has 0 bridgehead atoms. The van der Waals surface area contributed by atoms with Gasteiger partial charge in [-0.05, 0) is 38.3 Å². The van der Waals surface area contributed by atoms with Gasteiger partial charge < -0.3 is 9.88 Å². The summed E-state index contributed by atoms with van der Waals surface area (Å²) in [5, 5.41) is 3.52. The van der Waals surface area contributed by atoms with Gasteiger partial charge in [0.25, 0.3) is 0 Å². The second kappa shape index (κ2) is 6.96. The van der Waals surface area contributed by atoms with E-state index in [1.807, 2.05) is 11.8 Å². The summed E-state index contributed by atoms with van der Waals surface area (Å²) in [7, 11) is 0. The lowest BCUT2D eigenvalue weighted by atomic mass is 10.2. The molecular weight excluding hydrogens is 204 g/mol. The average molecular weight is 226 g/mol. The first-order valence-corrected chi connectivity index (χ1v) is 7.06. The Morgan fingerprint density at radius 3 is 3.00 bits per heavy atom. The molecule has 1 atom stereocenters. The maximum atomic E-state index is 3.52. The van der Waals surface area contributed by atoms with Crippen LogP contribution in [0.15, 0.2) is 18.3 Å². The predicted molar refractivity (Wildman–Crippen MR) is 69.5 cm³/mol. The van der Waals surface area contributed by atoms with Crippen molar-refractivity contribution < 1.29 is 0 Å². The number of rotatable bonds is 7. The molecule has 0 saturated heterocycles. The Balaban J connectivity index is 2.54. The van der Waals surface area contributed by atoms with Gasteiger partial charge in [-0.1, -0.05) is 6.92 Å². The summed E-state index contributed by atoms with van der Waals surface area (Å²) >= 11 is 1.90. The van der Waals surface area contributed by atoms with Crippen LogP contribution < -0.4 is 5.32 Å². The first-order valence-electron chi connectivity index (χ1n) is 5.67. The van der Waals surface area contributed by atoms with Gasteiger partial charge in [-0.25, -0.2) is 0 Å². The number of aryl methyl sites for hydroxylation is 1. The summed E-state index contributed by atoms with van der Waals surface area (Å²) in [6.45, 7) is 6.64. The maximum absolute atomic E-state index is 3.52. The Morgan fingerprint density at radius 1 is 1.53 bits per heavy atom. The van der Waals surface area contributed by atoms with Crippen LogP contribution in [0, 0.1) is 0 Å². The minimum atomic E-state index is 0.460. The number of aromatic nitrogens is 1. The van der Waals surface area contributed by atoms with Crippen molar-refractivity contribution in [2.45, 2.75) is 32.9 Å². The van der Waals surface area contributed by atoms with Crippen LogP contribution in [0.25, 0.3) is 0 Å². The number of nitrogens with zero attached hydrogens (tertiary/aromatic N) is 1. The van der Waals surface area contributed by atoms with E-state index in [2.05, 4.69) is 48.3 Å². The molecule has 1 rings (SSSR count). The van der Waals surface area contributed by atoms with Crippen LogP contribution in [0.5, 0.6) is 0 Å². The Hall–Kier alpha value is -0.410. The molecule has 1 N–H and O–H groups in total. The van der Waals surface area contributed by atoms with E-state index < -0.39 is 0 Å². The van der Waals surface area contributed by atoms with E-state index >= 15 is 0 Å². The zero-order valence-electron chi connectivity index (χ0n) is 9.99. The predicted octanol–water partition coefficient (Wildman–Crippen LogP) is 2.91. The molecule has 0 aliphatic carbocycles. The quantitative estimate of drug-likeness (QED) is 0.770. The van der Waals surface area contributed by atoms with Gasteiger partial charge in [0.05, 0.1) is 0 Å². The number of thioether (sulfide) groups is 1. The van der Waals surface area contributed by atoms with Crippen molar-refractivity contribution in [3.63, 3.8) is 0 Å². The van der Waals surface area contributed by atoms with Crippen LogP contribution in [0.2, 0.25) is 0 Å². The normalized spacial score (nSPS) is 13.0. The molecule has 15 heavy (non-hydrogen) atoms. The van der Waals surface area contributed by atoms with Crippen LogP contribution in [0.3, 0.4) is 0 Å². The van der Waals surface area contributed by atoms with E-state index in [4.69, 9.17) is 0 Å². The highest BCUT2D eigenvalue weighted by Gasteiger charge is 2.08. The zero-order chi connectivity index (χ0) is 11.1. The molecule has 0 fully saturated rings. The second-order valence-corrected chi connectivity index (χ2v) is 4.78. The molecule has 1 unspecified atom stereocenters. The SMILES string of the molecule is CCCNC(C)c1cccn1CCSC. The topological polar surface area (TPSA) is 17.0 Å². The van der Waals surface area contributed by atoms with Crippen LogP contribution in [0.4, 0.5) is 0 Å². The van der Waals surface area contributed by atoms with E-state index in [1.54, 1.807) is 0 Å². The molecule has 1 aromatic rings. The number of hydrogen-bond acceptors (Lipinski definition) is 2. The van der Waals surface area contributed by atoms with Gasteiger partial charge in [-0.2, -0.15) is 11.8 Å². The van der Waals surface area contributed by atoms with Crippen molar-refractivity contribution >= 4 is 11.8 Å². The van der Waals surface area contributed by atoms with Crippen LogP contribution in [-0.4, -0.2) is 23.1 Å². The second-order valence-electron chi connectivity index (χ2n) is 3.80. The van der Waals surface area contributed by atoms with Crippen LogP contribution in [0.1, 0.15) is 32.0 Å². The lowest BCUT2D eigenvalue weighted by Crippen LogP contribution is -2.22. The molecular formula is C12H22N2S. The third kappa shape index (κ3) is 3.92. The van der Waals surface area contributed by atoms with Gasteiger partial charge in [0.15, 0.2) is 0 Å². The first-order chi connectivity index (χ1) is 7.29. The fourth-order valence-electron chi connectivity index (χ4n) is 1.68. The maximum Gasteiger partial charge on any atom is 0.0446 e. The first kappa shape index (κ1) is 12.7. The van der Waals surface area contributed by atoms with Crippen molar-refractivity contribution in [3.8, 4) is 0 Å². The Kier molecular flexibility index (Phi) is 5.88. The van der Waals surface area contributed by atoms with E-state index in [9.17, 15) is 0 Å². The van der Waals surface area contributed by atoms with E-state index in [0.29, 0.717) is 6.04 Å². The molecule has 1 aromatic heterocycles. The third-order valence-electron chi connectivity index (χ3n) is 2.55. The molecule has 0 amide bonds. The summed E-state index contributed by atoms with van der Waals surface area (Å²) in [6.07, 6.45) is 5.52. The molecule has 86 valence electrons. The van der Waals surface area contributed by atoms with Gasteiger partial charge in [-0.15, -0.1) is 0 Å². The molecule has 2 nitrogen and oxygen atoms in total. The Morgan fingerprint density at radius 2 is 2.33 bits per heavy atom. The monoisotopic (exact) mass is 226 g/mol. The largest absolute Gasteiger partial charge is 0.349 e. The summed E-state index contributed by atoms with van der Waals surface area (Å²) in [5.74, 6) is 1.18.